The zero-order valence-corrected chi connectivity index (χ0v) is 34.4. The predicted molar refractivity (Wildman–Crippen MR) is 262 cm³/mol. The van der Waals surface area contributed by atoms with Gasteiger partial charge in [-0.15, -0.1) is 0 Å². The molecule has 1 unspecified atom stereocenters. The molecule has 0 N–H and O–H groups in total. The summed E-state index contributed by atoms with van der Waals surface area (Å²) in [6.07, 6.45) is 0. The van der Waals surface area contributed by atoms with Crippen LogP contribution < -0.4 is 4.90 Å². The lowest BCUT2D eigenvalue weighted by atomic mass is 9.82. The molecule has 0 fully saturated rings. The average molecular weight is 792 g/mol. The monoisotopic (exact) mass is 791 g/mol. The van der Waals surface area contributed by atoms with Crippen LogP contribution in [0.2, 0.25) is 0 Å². The highest BCUT2D eigenvalue weighted by atomic mass is 15.1. The van der Waals surface area contributed by atoms with Crippen molar-refractivity contribution in [3.05, 3.63) is 284 Å². The first kappa shape index (κ1) is 38.2. The third-order valence-corrected chi connectivity index (χ3v) is 11.7. The van der Waals surface area contributed by atoms with E-state index in [1.54, 1.807) is 0 Å². The summed E-state index contributed by atoms with van der Waals surface area (Å²) in [5, 5.41) is 0. The number of nitrogens with zero attached hydrogens (tertiary/aromatic N) is 1. The summed E-state index contributed by atoms with van der Waals surface area (Å²) < 4.78 is 0. The Kier molecular flexibility index (Phi) is 10.9. The molecule has 0 saturated carbocycles. The third kappa shape index (κ3) is 8.26. The summed E-state index contributed by atoms with van der Waals surface area (Å²) in [6, 6.07) is 96.8. The van der Waals surface area contributed by atoms with Gasteiger partial charge in [0.1, 0.15) is 0 Å². The Morgan fingerprint density at radius 1 is 0.194 bits per heavy atom. The first-order chi connectivity index (χ1) is 30.7. The lowest BCUT2D eigenvalue weighted by Gasteiger charge is -2.28. The van der Waals surface area contributed by atoms with Crippen molar-refractivity contribution in [1.29, 1.82) is 0 Å². The zero-order valence-electron chi connectivity index (χ0n) is 34.4. The van der Waals surface area contributed by atoms with Crippen molar-refractivity contribution in [3.63, 3.8) is 0 Å². The molecular weight excluding hydrogens is 747 g/mol. The normalized spacial score (nSPS) is 11.5. The van der Waals surface area contributed by atoms with Gasteiger partial charge in [-0.05, 0) is 127 Å². The quantitative estimate of drug-likeness (QED) is 0.118. The van der Waals surface area contributed by atoms with Crippen LogP contribution in [0, 0.1) is 0 Å². The number of benzene rings is 10. The van der Waals surface area contributed by atoms with Gasteiger partial charge < -0.3 is 4.90 Å². The van der Waals surface area contributed by atoms with Gasteiger partial charge in [0.25, 0.3) is 0 Å². The Morgan fingerprint density at radius 3 is 0.984 bits per heavy atom. The van der Waals surface area contributed by atoms with Crippen molar-refractivity contribution in [2.75, 3.05) is 4.90 Å². The van der Waals surface area contributed by atoms with Crippen molar-refractivity contribution in [1.82, 2.24) is 0 Å². The van der Waals surface area contributed by atoms with Gasteiger partial charge in [-0.1, -0.05) is 212 Å². The molecule has 1 atom stereocenters. The molecule has 0 aromatic heterocycles. The molecule has 294 valence electrons. The molecule has 0 amide bonds. The van der Waals surface area contributed by atoms with Gasteiger partial charge in [0, 0.05) is 23.0 Å². The first-order valence-corrected chi connectivity index (χ1v) is 21.4. The minimum Gasteiger partial charge on any atom is -0.310 e. The fourth-order valence-electron chi connectivity index (χ4n) is 8.67. The van der Waals surface area contributed by atoms with Crippen LogP contribution in [-0.4, -0.2) is 0 Å². The Balaban J connectivity index is 1.21. The van der Waals surface area contributed by atoms with E-state index in [2.05, 4.69) is 272 Å². The summed E-state index contributed by atoms with van der Waals surface area (Å²) in [4.78, 5) is 2.40. The molecule has 0 radical (unpaired) electrons. The molecular formula is C61H45N. The van der Waals surface area contributed by atoms with Gasteiger partial charge in [0.15, 0.2) is 0 Å². The molecule has 0 heterocycles. The summed E-state index contributed by atoms with van der Waals surface area (Å²) in [7, 11) is 0. The highest BCUT2D eigenvalue weighted by molar-refractivity contribution is 5.86. The fourth-order valence-corrected chi connectivity index (χ4v) is 8.67. The van der Waals surface area contributed by atoms with E-state index in [1.807, 2.05) is 0 Å². The number of hydrogen-bond donors (Lipinski definition) is 0. The Morgan fingerprint density at radius 2 is 0.516 bits per heavy atom. The second kappa shape index (κ2) is 17.7. The predicted octanol–water partition coefficient (Wildman–Crippen LogP) is 16.7. The second-order valence-electron chi connectivity index (χ2n) is 15.8. The molecule has 1 heteroatoms. The van der Waals surface area contributed by atoms with E-state index in [1.165, 1.54) is 61.2 Å². The van der Waals surface area contributed by atoms with Gasteiger partial charge in [-0.3, -0.25) is 0 Å². The Labute approximate surface area is 365 Å². The van der Waals surface area contributed by atoms with E-state index in [0.29, 0.717) is 0 Å². The topological polar surface area (TPSA) is 3.24 Å². The van der Waals surface area contributed by atoms with E-state index in [4.69, 9.17) is 0 Å². The van der Waals surface area contributed by atoms with Crippen LogP contribution in [0.3, 0.4) is 0 Å². The smallest absolute Gasteiger partial charge is 0.0470 e. The van der Waals surface area contributed by atoms with Crippen LogP contribution in [0.4, 0.5) is 17.1 Å². The van der Waals surface area contributed by atoms with E-state index in [-0.39, 0.29) is 5.92 Å². The lowest BCUT2D eigenvalue weighted by Crippen LogP contribution is -2.12. The first-order valence-electron chi connectivity index (χ1n) is 21.4. The highest BCUT2D eigenvalue weighted by Gasteiger charge is 2.22. The largest absolute Gasteiger partial charge is 0.310 e. The molecule has 0 bridgehead atoms. The highest BCUT2D eigenvalue weighted by Crippen LogP contribution is 2.43. The summed E-state index contributed by atoms with van der Waals surface area (Å²) in [6.45, 7) is 0. The number of rotatable bonds is 11. The van der Waals surface area contributed by atoms with Crippen LogP contribution in [0.5, 0.6) is 0 Å². The fraction of sp³-hybridized carbons (Fsp3) is 0.0164. The number of para-hydroxylation sites is 1. The Bertz CT molecular complexity index is 2800. The van der Waals surface area contributed by atoms with Crippen molar-refractivity contribution >= 4 is 17.1 Å². The molecule has 0 spiro atoms. The third-order valence-electron chi connectivity index (χ3n) is 11.7. The van der Waals surface area contributed by atoms with Crippen LogP contribution in [0.1, 0.15) is 22.6 Å². The minimum absolute atomic E-state index is 0.0382. The van der Waals surface area contributed by atoms with Crippen LogP contribution >= 0.6 is 0 Å². The van der Waals surface area contributed by atoms with Gasteiger partial charge >= 0.3 is 0 Å². The maximum atomic E-state index is 2.42. The maximum absolute atomic E-state index is 2.42. The van der Waals surface area contributed by atoms with Crippen LogP contribution in [0.15, 0.2) is 267 Å². The molecule has 10 aromatic rings. The average Bonchev–Trinajstić information content (AvgIpc) is 3.36. The van der Waals surface area contributed by atoms with Gasteiger partial charge in [-0.25, -0.2) is 0 Å². The molecule has 0 aliphatic heterocycles. The lowest BCUT2D eigenvalue weighted by molar-refractivity contribution is 0.977. The molecule has 0 saturated heterocycles. The van der Waals surface area contributed by atoms with Gasteiger partial charge in [0.05, 0.1) is 0 Å². The van der Waals surface area contributed by atoms with Crippen molar-refractivity contribution < 1.29 is 0 Å². The van der Waals surface area contributed by atoms with E-state index in [0.717, 1.165) is 28.2 Å². The van der Waals surface area contributed by atoms with Crippen LogP contribution in [0.25, 0.3) is 55.6 Å². The van der Waals surface area contributed by atoms with Crippen molar-refractivity contribution in [2.24, 2.45) is 0 Å². The van der Waals surface area contributed by atoms with E-state index in [9.17, 15) is 0 Å². The molecule has 10 rings (SSSR count). The van der Waals surface area contributed by atoms with E-state index < -0.39 is 0 Å². The van der Waals surface area contributed by atoms with Crippen LogP contribution in [-0.2, 0) is 0 Å². The molecule has 10 aromatic carbocycles. The molecule has 0 aliphatic rings. The van der Waals surface area contributed by atoms with Gasteiger partial charge in [-0.2, -0.15) is 0 Å². The maximum Gasteiger partial charge on any atom is 0.0470 e. The summed E-state index contributed by atoms with van der Waals surface area (Å²) >= 11 is 0. The number of hydrogen-bond acceptors (Lipinski definition) is 1. The summed E-state index contributed by atoms with van der Waals surface area (Å²) in [5.41, 5.74) is 18.8. The van der Waals surface area contributed by atoms with Gasteiger partial charge in [0.2, 0.25) is 0 Å². The van der Waals surface area contributed by atoms with E-state index >= 15 is 0 Å². The zero-order chi connectivity index (χ0) is 41.5. The Hall–Kier alpha value is -8.00. The SMILES string of the molecule is c1ccc(-c2ccc(C(c3ccccc3)c3cc(-c4cc(-c5ccccc5)cc(-c5ccccc5)c4)cc(N(c4ccccc4)c4ccc(-c5ccccc5)cc4)c3)cc2)cc1. The molecule has 0 aliphatic carbocycles. The summed E-state index contributed by atoms with van der Waals surface area (Å²) in [5.74, 6) is -0.0382. The molecule has 62 heavy (non-hydrogen) atoms. The van der Waals surface area contributed by atoms with Crippen molar-refractivity contribution in [3.8, 4) is 55.6 Å². The standard InChI is InChI=1S/C61H45N/c1-7-19-45(20-8-1)49-31-33-52(34-32-49)61(51-27-15-5-16-28-51)57-42-56(55-40-53(47-23-11-3-12-24-47)39-54(41-55)48-25-13-4-14-26-48)43-60(44-57)62(58-29-17-6-18-30-58)59-37-35-50(36-38-59)46-21-9-2-10-22-46/h1-44,61H. The minimum atomic E-state index is -0.0382. The van der Waals surface area contributed by atoms with Crippen molar-refractivity contribution in [2.45, 2.75) is 5.92 Å². The second-order valence-corrected chi connectivity index (χ2v) is 15.8. The molecule has 1 nitrogen and oxygen atoms in total. The number of anilines is 3.